The van der Waals surface area contributed by atoms with Gasteiger partial charge >= 0.3 is 24.4 Å². The van der Waals surface area contributed by atoms with Crippen molar-refractivity contribution in [2.75, 3.05) is 23.3 Å². The van der Waals surface area contributed by atoms with Crippen molar-refractivity contribution in [3.8, 4) is 11.1 Å². The molecular weight excluding hydrogens is 676 g/mol. The molecule has 2 saturated heterocycles. The quantitative estimate of drug-likeness (QED) is 0.168. The molecule has 2 unspecified atom stereocenters. The van der Waals surface area contributed by atoms with Gasteiger partial charge in [-0.25, -0.2) is 18.4 Å². The zero-order chi connectivity index (χ0) is 35.8. The highest BCUT2D eigenvalue weighted by Crippen LogP contribution is 2.47. The van der Waals surface area contributed by atoms with Gasteiger partial charge in [0.25, 0.3) is 0 Å². The molecule has 0 radical (unpaired) electrons. The summed E-state index contributed by atoms with van der Waals surface area (Å²) in [4.78, 5) is 35.8. The van der Waals surface area contributed by atoms with E-state index in [0.717, 1.165) is 23.5 Å². The minimum Gasteiger partial charge on any atom is -0.444 e. The summed E-state index contributed by atoms with van der Waals surface area (Å²) in [6.45, 7) is 10.3. The third-order valence-electron chi connectivity index (χ3n) is 8.10. The van der Waals surface area contributed by atoms with Crippen LogP contribution in [0, 0.1) is 17.7 Å². The molecule has 6 rings (SSSR count). The topological polar surface area (TPSA) is 96.9 Å². The SMILES string of the molecule is CC(C)(C)OC(=O)Nc1cc2c(-c3c(C(F)(F)F)cc4c(N5CC6CCC(C5)N6C(=O)OC(C)(C)C)nc(F)nc4c3F)ccc(F)c2s1. The molecule has 9 nitrogen and oxygen atoms in total. The van der Waals surface area contributed by atoms with Gasteiger partial charge in [0, 0.05) is 29.4 Å². The van der Waals surface area contributed by atoms with Crippen molar-refractivity contribution in [3.63, 3.8) is 0 Å². The molecule has 2 bridgehead atoms. The van der Waals surface area contributed by atoms with E-state index >= 15 is 8.78 Å². The molecule has 4 heterocycles. The lowest BCUT2D eigenvalue weighted by Crippen LogP contribution is -2.57. The molecule has 2 amide bonds. The van der Waals surface area contributed by atoms with Crippen molar-refractivity contribution in [3.05, 3.63) is 47.5 Å². The van der Waals surface area contributed by atoms with Gasteiger partial charge in [-0.05, 0) is 78.1 Å². The number of benzene rings is 2. The van der Waals surface area contributed by atoms with Crippen molar-refractivity contribution in [2.24, 2.45) is 0 Å². The molecule has 2 atom stereocenters. The van der Waals surface area contributed by atoms with E-state index in [2.05, 4.69) is 15.3 Å². The van der Waals surface area contributed by atoms with Crippen LogP contribution in [-0.2, 0) is 15.7 Å². The van der Waals surface area contributed by atoms with E-state index in [1.165, 1.54) is 6.07 Å². The third kappa shape index (κ3) is 6.79. The summed E-state index contributed by atoms with van der Waals surface area (Å²) in [6.07, 6.45) is -6.75. The highest BCUT2D eigenvalue weighted by atomic mass is 32.1. The molecule has 0 spiro atoms. The summed E-state index contributed by atoms with van der Waals surface area (Å²) in [5.74, 6) is -2.54. The molecular formula is C33H33F6N5O4S. The fraction of sp³-hybridized carbons (Fsp3) is 0.455. The van der Waals surface area contributed by atoms with Crippen molar-refractivity contribution in [1.29, 1.82) is 0 Å². The average Bonchev–Trinajstić information content (AvgIpc) is 3.49. The first-order valence-electron chi connectivity index (χ1n) is 15.5. The van der Waals surface area contributed by atoms with Gasteiger partial charge in [-0.1, -0.05) is 6.07 Å². The number of carbonyl (C=O) groups excluding carboxylic acids is 2. The van der Waals surface area contributed by atoms with Gasteiger partial charge in [-0.15, -0.1) is 11.3 Å². The zero-order valence-electron chi connectivity index (χ0n) is 27.4. The van der Waals surface area contributed by atoms with E-state index in [1.54, 1.807) is 51.3 Å². The maximum Gasteiger partial charge on any atom is 0.417 e. The Labute approximate surface area is 281 Å². The van der Waals surface area contributed by atoms with Gasteiger partial charge in [-0.3, -0.25) is 10.2 Å². The van der Waals surface area contributed by atoms with Crippen LogP contribution in [0.5, 0.6) is 0 Å². The van der Waals surface area contributed by atoms with Crippen LogP contribution in [-0.4, -0.2) is 63.4 Å². The molecule has 0 saturated carbocycles. The monoisotopic (exact) mass is 709 g/mol. The van der Waals surface area contributed by atoms with Gasteiger partial charge in [0.2, 0.25) is 0 Å². The second kappa shape index (κ2) is 11.9. The highest BCUT2D eigenvalue weighted by molar-refractivity contribution is 7.23. The van der Waals surface area contributed by atoms with Crippen LogP contribution in [0.25, 0.3) is 32.1 Å². The molecule has 262 valence electrons. The number of hydrogen-bond acceptors (Lipinski definition) is 8. The third-order valence-corrected chi connectivity index (χ3v) is 9.16. The summed E-state index contributed by atoms with van der Waals surface area (Å²) < 4.78 is 102. The maximum atomic E-state index is 16.6. The van der Waals surface area contributed by atoms with Crippen LogP contribution in [0.3, 0.4) is 0 Å². The first-order chi connectivity index (χ1) is 22.7. The second-order valence-corrected chi connectivity index (χ2v) is 15.1. The van der Waals surface area contributed by atoms with E-state index in [4.69, 9.17) is 9.47 Å². The Balaban J connectivity index is 1.46. The minimum atomic E-state index is -5.13. The Hall–Kier alpha value is -4.34. The molecule has 2 fully saturated rings. The number of nitrogens with one attached hydrogen (secondary N) is 1. The molecule has 1 N–H and O–H groups in total. The van der Waals surface area contributed by atoms with Crippen LogP contribution in [0.15, 0.2) is 24.3 Å². The molecule has 49 heavy (non-hydrogen) atoms. The van der Waals surface area contributed by atoms with Crippen molar-refractivity contribution in [1.82, 2.24) is 14.9 Å². The molecule has 2 aromatic heterocycles. The Morgan fingerprint density at radius 1 is 0.898 bits per heavy atom. The van der Waals surface area contributed by atoms with Gasteiger partial charge < -0.3 is 14.4 Å². The number of fused-ring (bicyclic) bond motifs is 4. The average molecular weight is 710 g/mol. The number of anilines is 2. The van der Waals surface area contributed by atoms with Crippen LogP contribution < -0.4 is 10.2 Å². The number of ether oxygens (including phenoxy) is 2. The number of rotatable bonds is 3. The van der Waals surface area contributed by atoms with Gasteiger partial charge in [0.15, 0.2) is 5.82 Å². The van der Waals surface area contributed by atoms with Crippen LogP contribution in [0.1, 0.15) is 59.9 Å². The van der Waals surface area contributed by atoms with Crippen LogP contribution in [0.2, 0.25) is 0 Å². The van der Waals surface area contributed by atoms with Crippen LogP contribution in [0.4, 0.5) is 46.8 Å². The number of alkyl halides is 3. The Kier molecular flexibility index (Phi) is 8.39. The van der Waals surface area contributed by atoms with E-state index in [1.807, 2.05) is 0 Å². The number of amides is 2. The van der Waals surface area contributed by atoms with E-state index in [9.17, 15) is 27.2 Å². The molecule has 2 aliphatic rings. The predicted molar refractivity (Wildman–Crippen MR) is 172 cm³/mol. The number of halogens is 6. The first kappa shape index (κ1) is 34.5. The lowest BCUT2D eigenvalue weighted by atomic mass is 9.93. The number of carbonyl (C=O) groups is 2. The standard InChI is InChI=1S/C33H33F6N5O4S/c1-31(2,3)47-29(45)40-22-12-18-17(9-10-21(34)26(18)49-22)23-20(33(37,38)39)11-19-25(24(23)35)41-28(36)42-27(19)43-13-15-7-8-16(14-43)44(15)30(46)48-32(4,5)6/h9-12,15-16H,7-8,13-14H2,1-6H3,(H,40,45). The molecule has 16 heteroatoms. The fourth-order valence-corrected chi connectivity index (χ4v) is 7.35. The summed E-state index contributed by atoms with van der Waals surface area (Å²) in [7, 11) is 0. The second-order valence-electron chi connectivity index (χ2n) is 14.1. The maximum absolute atomic E-state index is 16.6. The van der Waals surface area contributed by atoms with Crippen LogP contribution >= 0.6 is 11.3 Å². The molecule has 0 aliphatic carbocycles. The number of hydrogen-bond donors (Lipinski definition) is 1. The number of thiophene rings is 1. The number of piperazine rings is 1. The van der Waals surface area contributed by atoms with Crippen molar-refractivity contribution >= 4 is 55.3 Å². The first-order valence-corrected chi connectivity index (χ1v) is 16.3. The van der Waals surface area contributed by atoms with E-state index in [0.29, 0.717) is 18.9 Å². The summed E-state index contributed by atoms with van der Waals surface area (Å²) in [6, 6.07) is 2.98. The Morgan fingerprint density at radius 3 is 2.12 bits per heavy atom. The van der Waals surface area contributed by atoms with Crippen molar-refractivity contribution in [2.45, 2.75) is 83.8 Å². The summed E-state index contributed by atoms with van der Waals surface area (Å²) >= 11 is 0.725. The van der Waals surface area contributed by atoms with E-state index < -0.39 is 76.0 Å². The van der Waals surface area contributed by atoms with Crippen molar-refractivity contribution < 1.29 is 45.4 Å². The highest BCUT2D eigenvalue weighted by Gasteiger charge is 2.45. The number of aromatic nitrogens is 2. The number of nitrogens with zero attached hydrogens (tertiary/aromatic N) is 4. The van der Waals surface area contributed by atoms with Gasteiger partial charge in [-0.2, -0.15) is 27.5 Å². The van der Waals surface area contributed by atoms with Gasteiger partial charge in [0.1, 0.15) is 28.4 Å². The lowest BCUT2D eigenvalue weighted by molar-refractivity contribution is -0.137. The predicted octanol–water partition coefficient (Wildman–Crippen LogP) is 8.88. The molecule has 2 aliphatic heterocycles. The smallest absolute Gasteiger partial charge is 0.417 e. The Bertz CT molecular complexity index is 1970. The van der Waals surface area contributed by atoms with Gasteiger partial charge in [0.05, 0.1) is 27.3 Å². The zero-order valence-corrected chi connectivity index (χ0v) is 28.2. The summed E-state index contributed by atoms with van der Waals surface area (Å²) in [5, 5.41) is 1.98. The molecule has 2 aromatic carbocycles. The lowest BCUT2D eigenvalue weighted by Gasteiger charge is -2.42. The summed E-state index contributed by atoms with van der Waals surface area (Å²) in [5.41, 5.74) is -5.05. The largest absolute Gasteiger partial charge is 0.444 e. The molecule has 4 aromatic rings. The Morgan fingerprint density at radius 2 is 1.53 bits per heavy atom. The van der Waals surface area contributed by atoms with E-state index in [-0.39, 0.29) is 44.9 Å². The normalized spacial score (nSPS) is 18.4. The fourth-order valence-electron chi connectivity index (χ4n) is 6.38. The minimum absolute atomic E-state index is 0.0427.